The van der Waals surface area contributed by atoms with Crippen molar-refractivity contribution in [1.82, 2.24) is 30.0 Å². The van der Waals surface area contributed by atoms with Crippen molar-refractivity contribution >= 4 is 28.4 Å². The van der Waals surface area contributed by atoms with Crippen LogP contribution in [0, 0.1) is 0 Å². The van der Waals surface area contributed by atoms with E-state index in [1.807, 2.05) is 53.3 Å². The van der Waals surface area contributed by atoms with Crippen LogP contribution in [-0.2, 0) is 6.61 Å². The summed E-state index contributed by atoms with van der Waals surface area (Å²) in [6.45, 7) is 4.37. The molecule has 0 saturated carbocycles. The molecule has 4 heterocycles. The van der Waals surface area contributed by atoms with Crippen LogP contribution in [0.3, 0.4) is 0 Å². The maximum Gasteiger partial charge on any atom is 0.162 e. The summed E-state index contributed by atoms with van der Waals surface area (Å²) in [5.41, 5.74) is 2.97. The number of anilines is 3. The van der Waals surface area contributed by atoms with Gasteiger partial charge in [-0.2, -0.15) is 0 Å². The van der Waals surface area contributed by atoms with Crippen LogP contribution in [0.5, 0.6) is 5.75 Å². The third-order valence-corrected chi connectivity index (χ3v) is 6.35. The Kier molecular flexibility index (Phi) is 6.59. The van der Waals surface area contributed by atoms with Gasteiger partial charge in [0.05, 0.1) is 17.4 Å². The summed E-state index contributed by atoms with van der Waals surface area (Å²) in [6, 6.07) is 20.3. The van der Waals surface area contributed by atoms with Crippen molar-refractivity contribution in [2.75, 3.05) is 36.4 Å². The molecular formula is C28H28N8O. The molecule has 1 fully saturated rings. The van der Waals surface area contributed by atoms with Crippen molar-refractivity contribution in [2.45, 2.75) is 13.0 Å². The molecule has 1 aliphatic rings. The molecule has 6 rings (SSSR count). The third kappa shape index (κ3) is 5.22. The molecule has 0 aliphatic carbocycles. The second-order valence-corrected chi connectivity index (χ2v) is 8.89. The van der Waals surface area contributed by atoms with E-state index in [9.17, 15) is 0 Å². The van der Waals surface area contributed by atoms with Gasteiger partial charge in [-0.3, -0.25) is 4.98 Å². The molecule has 2 aromatic carbocycles. The molecule has 3 aromatic heterocycles. The SMILES string of the molecule is c1ccc(COc2ccc3c(Nc4cnccn4)nn(-c4ccnc(N5CCCNCC5)c4)c3c2)cc1. The van der Waals surface area contributed by atoms with E-state index in [2.05, 4.69) is 48.7 Å². The molecule has 2 N–H and O–H groups in total. The highest BCUT2D eigenvalue weighted by Crippen LogP contribution is 2.31. The largest absolute Gasteiger partial charge is 0.489 e. The Hall–Kier alpha value is -4.50. The minimum absolute atomic E-state index is 0.494. The number of fused-ring (bicyclic) bond motifs is 1. The molecule has 0 amide bonds. The van der Waals surface area contributed by atoms with Crippen molar-refractivity contribution in [2.24, 2.45) is 0 Å². The van der Waals surface area contributed by atoms with E-state index in [4.69, 9.17) is 9.84 Å². The first-order valence-corrected chi connectivity index (χ1v) is 12.5. The summed E-state index contributed by atoms with van der Waals surface area (Å²) in [7, 11) is 0. The highest BCUT2D eigenvalue weighted by atomic mass is 16.5. The Labute approximate surface area is 215 Å². The quantitative estimate of drug-likeness (QED) is 0.347. The molecule has 0 spiro atoms. The third-order valence-electron chi connectivity index (χ3n) is 6.35. The second-order valence-electron chi connectivity index (χ2n) is 8.89. The molecule has 0 unspecified atom stereocenters. The predicted octanol–water partition coefficient (Wildman–Crippen LogP) is 4.33. The number of ether oxygens (including phenoxy) is 1. The Morgan fingerprint density at radius 2 is 1.86 bits per heavy atom. The number of nitrogens with one attached hydrogen (secondary N) is 2. The van der Waals surface area contributed by atoms with Crippen LogP contribution in [0.15, 0.2) is 85.5 Å². The Bertz CT molecular complexity index is 1460. The molecule has 0 bridgehead atoms. The van der Waals surface area contributed by atoms with Gasteiger partial charge in [-0.05, 0) is 36.7 Å². The van der Waals surface area contributed by atoms with Gasteiger partial charge in [-0.15, -0.1) is 5.10 Å². The number of rotatable bonds is 7. The smallest absolute Gasteiger partial charge is 0.162 e. The van der Waals surface area contributed by atoms with Gasteiger partial charge in [0, 0.05) is 55.7 Å². The summed E-state index contributed by atoms with van der Waals surface area (Å²) in [5.74, 6) is 3.05. The van der Waals surface area contributed by atoms with Gasteiger partial charge in [0.25, 0.3) is 0 Å². The molecule has 1 aliphatic heterocycles. The number of benzene rings is 2. The lowest BCUT2D eigenvalue weighted by Crippen LogP contribution is -2.28. The first kappa shape index (κ1) is 22.9. The fraction of sp³-hybridized carbons (Fsp3) is 0.214. The Morgan fingerprint density at radius 1 is 0.919 bits per heavy atom. The summed E-state index contributed by atoms with van der Waals surface area (Å²) < 4.78 is 8.08. The normalized spacial score (nSPS) is 13.9. The maximum absolute atomic E-state index is 6.14. The van der Waals surface area contributed by atoms with Gasteiger partial charge in [-0.25, -0.2) is 14.6 Å². The van der Waals surface area contributed by atoms with Gasteiger partial charge in [-0.1, -0.05) is 30.3 Å². The molecule has 0 atom stereocenters. The Morgan fingerprint density at radius 3 is 2.76 bits per heavy atom. The van der Waals surface area contributed by atoms with Crippen LogP contribution in [0.25, 0.3) is 16.6 Å². The minimum Gasteiger partial charge on any atom is -0.489 e. The first-order chi connectivity index (χ1) is 18.3. The van der Waals surface area contributed by atoms with Crippen LogP contribution in [0.4, 0.5) is 17.5 Å². The monoisotopic (exact) mass is 492 g/mol. The fourth-order valence-electron chi connectivity index (χ4n) is 4.49. The van der Waals surface area contributed by atoms with Crippen molar-refractivity contribution in [1.29, 1.82) is 0 Å². The van der Waals surface area contributed by atoms with Gasteiger partial charge in [0.2, 0.25) is 0 Å². The molecule has 1 saturated heterocycles. The lowest BCUT2D eigenvalue weighted by molar-refractivity contribution is 0.306. The van der Waals surface area contributed by atoms with Gasteiger partial charge in [0.15, 0.2) is 5.82 Å². The van der Waals surface area contributed by atoms with Crippen LogP contribution in [0.1, 0.15) is 12.0 Å². The first-order valence-electron chi connectivity index (χ1n) is 12.5. The lowest BCUT2D eigenvalue weighted by Gasteiger charge is -2.21. The number of nitrogens with zero attached hydrogens (tertiary/aromatic N) is 6. The van der Waals surface area contributed by atoms with Crippen LogP contribution in [-0.4, -0.2) is 50.9 Å². The summed E-state index contributed by atoms with van der Waals surface area (Å²) >= 11 is 0. The van der Waals surface area contributed by atoms with Crippen LogP contribution < -0.4 is 20.3 Å². The topological polar surface area (TPSA) is 93.0 Å². The van der Waals surface area contributed by atoms with Crippen molar-refractivity contribution in [3.05, 3.63) is 91.0 Å². The van der Waals surface area contributed by atoms with E-state index >= 15 is 0 Å². The number of pyridine rings is 1. The van der Waals surface area contributed by atoms with E-state index in [1.54, 1.807) is 18.6 Å². The van der Waals surface area contributed by atoms with Crippen molar-refractivity contribution < 1.29 is 4.74 Å². The lowest BCUT2D eigenvalue weighted by atomic mass is 10.2. The zero-order chi connectivity index (χ0) is 24.9. The molecule has 0 radical (unpaired) electrons. The van der Waals surface area contributed by atoms with Gasteiger partial charge < -0.3 is 20.3 Å². The van der Waals surface area contributed by atoms with Crippen molar-refractivity contribution in [3.63, 3.8) is 0 Å². The number of hydrogen-bond donors (Lipinski definition) is 2. The van der Waals surface area contributed by atoms with E-state index in [1.165, 1.54) is 0 Å². The average molecular weight is 493 g/mol. The second kappa shape index (κ2) is 10.6. The minimum atomic E-state index is 0.494. The standard InChI is InChI=1S/C28H28N8O/c1-2-5-21(6-3-1)20-37-23-7-8-24-25(18-23)36(34-28(24)33-26-19-30-12-13-31-26)22-9-11-32-27(17-22)35-15-4-10-29-14-16-35/h1-3,5-9,11-13,17-19,29H,4,10,14-16,20H2,(H,31,33,34). The van der Waals surface area contributed by atoms with E-state index in [0.29, 0.717) is 18.2 Å². The molecule has 9 heteroatoms. The van der Waals surface area contributed by atoms with Crippen LogP contribution in [0.2, 0.25) is 0 Å². The summed E-state index contributed by atoms with van der Waals surface area (Å²) in [5, 5.41) is 12.7. The van der Waals surface area contributed by atoms with Crippen LogP contribution >= 0.6 is 0 Å². The van der Waals surface area contributed by atoms with E-state index < -0.39 is 0 Å². The Balaban J connectivity index is 1.38. The number of hydrogen-bond acceptors (Lipinski definition) is 8. The number of aromatic nitrogens is 5. The summed E-state index contributed by atoms with van der Waals surface area (Å²) in [6.07, 6.45) is 7.92. The molecule has 9 nitrogen and oxygen atoms in total. The fourth-order valence-corrected chi connectivity index (χ4v) is 4.49. The molecule has 5 aromatic rings. The van der Waals surface area contributed by atoms with Gasteiger partial charge >= 0.3 is 0 Å². The highest BCUT2D eigenvalue weighted by Gasteiger charge is 2.16. The van der Waals surface area contributed by atoms with Gasteiger partial charge in [0.1, 0.15) is 24.0 Å². The zero-order valence-corrected chi connectivity index (χ0v) is 20.4. The highest BCUT2D eigenvalue weighted by molar-refractivity contribution is 5.93. The maximum atomic E-state index is 6.14. The molecule has 186 valence electrons. The summed E-state index contributed by atoms with van der Waals surface area (Å²) in [4.78, 5) is 15.5. The van der Waals surface area contributed by atoms with E-state index in [0.717, 1.165) is 66.3 Å². The van der Waals surface area contributed by atoms with E-state index in [-0.39, 0.29) is 0 Å². The average Bonchev–Trinajstić information content (AvgIpc) is 3.11. The van der Waals surface area contributed by atoms with Crippen molar-refractivity contribution in [3.8, 4) is 11.4 Å². The molecular weight excluding hydrogens is 464 g/mol. The predicted molar refractivity (Wildman–Crippen MR) is 145 cm³/mol. The molecule has 37 heavy (non-hydrogen) atoms. The zero-order valence-electron chi connectivity index (χ0n) is 20.4.